The average molecular weight is 314 g/mol. The lowest BCUT2D eigenvalue weighted by Crippen LogP contribution is -2.15. The fourth-order valence-corrected chi connectivity index (χ4v) is 2.45. The molecule has 8 heteroatoms. The van der Waals surface area contributed by atoms with E-state index in [1.165, 1.54) is 14.0 Å². The van der Waals surface area contributed by atoms with Crippen LogP contribution < -0.4 is 0 Å². The van der Waals surface area contributed by atoms with Gasteiger partial charge in [-0.15, -0.1) is 0 Å². The SMILES string of the molecule is COC(=O)C(C)CSCc1c(F)c(F)c(F)c(F)c1F. The van der Waals surface area contributed by atoms with Gasteiger partial charge in [0.25, 0.3) is 0 Å². The third-order valence-electron chi connectivity index (χ3n) is 2.52. The van der Waals surface area contributed by atoms with Crippen LogP contribution in [0.4, 0.5) is 22.0 Å². The summed E-state index contributed by atoms with van der Waals surface area (Å²) in [6, 6.07) is 0. The number of thioether (sulfide) groups is 1. The Morgan fingerprint density at radius 3 is 1.95 bits per heavy atom. The monoisotopic (exact) mass is 314 g/mol. The van der Waals surface area contributed by atoms with Crippen LogP contribution in [-0.4, -0.2) is 18.8 Å². The molecule has 0 aliphatic heterocycles. The van der Waals surface area contributed by atoms with Crippen LogP contribution in [0.5, 0.6) is 0 Å². The van der Waals surface area contributed by atoms with Crippen molar-refractivity contribution in [3.8, 4) is 0 Å². The van der Waals surface area contributed by atoms with Crippen molar-refractivity contribution in [3.63, 3.8) is 0 Å². The standard InChI is InChI=1S/C12H11F5O2S/c1-5(12(18)19-2)3-20-4-6-7(13)9(15)11(17)10(16)8(6)14/h5H,3-4H2,1-2H3. The Balaban J connectivity index is 2.82. The van der Waals surface area contributed by atoms with Gasteiger partial charge in [0, 0.05) is 17.1 Å². The minimum atomic E-state index is -2.18. The molecule has 112 valence electrons. The minimum absolute atomic E-state index is 0.131. The number of carbonyl (C=O) groups excluding carboxylic acids is 1. The lowest BCUT2D eigenvalue weighted by molar-refractivity contribution is -0.143. The molecule has 20 heavy (non-hydrogen) atoms. The first-order chi connectivity index (χ1) is 9.31. The van der Waals surface area contributed by atoms with E-state index < -0.39 is 52.3 Å². The second-order valence-electron chi connectivity index (χ2n) is 3.99. The number of benzene rings is 1. The Morgan fingerprint density at radius 1 is 1.05 bits per heavy atom. The number of hydrogen-bond donors (Lipinski definition) is 0. The zero-order chi connectivity index (χ0) is 15.4. The molecule has 2 nitrogen and oxygen atoms in total. The summed E-state index contributed by atoms with van der Waals surface area (Å²) in [4.78, 5) is 11.1. The lowest BCUT2D eigenvalue weighted by atomic mass is 10.2. The van der Waals surface area contributed by atoms with E-state index in [0.29, 0.717) is 0 Å². The van der Waals surface area contributed by atoms with E-state index >= 15 is 0 Å². The lowest BCUT2D eigenvalue weighted by Gasteiger charge is -2.10. The van der Waals surface area contributed by atoms with Crippen LogP contribution in [0.15, 0.2) is 0 Å². The molecule has 0 saturated heterocycles. The normalized spacial score (nSPS) is 12.3. The van der Waals surface area contributed by atoms with Gasteiger partial charge in [0.1, 0.15) is 0 Å². The van der Waals surface area contributed by atoms with Crippen molar-refractivity contribution in [2.45, 2.75) is 12.7 Å². The number of methoxy groups -OCH3 is 1. The minimum Gasteiger partial charge on any atom is -0.469 e. The van der Waals surface area contributed by atoms with Gasteiger partial charge < -0.3 is 4.74 Å². The maximum absolute atomic E-state index is 13.3. The molecule has 1 unspecified atom stereocenters. The van der Waals surface area contributed by atoms with Crippen LogP contribution in [0.2, 0.25) is 0 Å². The number of hydrogen-bond acceptors (Lipinski definition) is 3. The summed E-state index contributed by atoms with van der Waals surface area (Å²) < 4.78 is 69.8. The fourth-order valence-electron chi connectivity index (χ4n) is 1.38. The van der Waals surface area contributed by atoms with E-state index in [1.54, 1.807) is 0 Å². The molecule has 0 fully saturated rings. The molecule has 1 aromatic carbocycles. The van der Waals surface area contributed by atoms with Crippen molar-refractivity contribution >= 4 is 17.7 Å². The smallest absolute Gasteiger partial charge is 0.309 e. The average Bonchev–Trinajstić information content (AvgIpc) is 2.45. The summed E-state index contributed by atoms with van der Waals surface area (Å²) in [5.74, 6) is -11.2. The molecule has 0 amide bonds. The van der Waals surface area contributed by atoms with Crippen molar-refractivity contribution in [1.82, 2.24) is 0 Å². The third-order valence-corrected chi connectivity index (χ3v) is 3.75. The Hall–Kier alpha value is -1.31. The van der Waals surface area contributed by atoms with Crippen LogP contribution in [-0.2, 0) is 15.3 Å². The molecular weight excluding hydrogens is 303 g/mol. The van der Waals surface area contributed by atoms with E-state index in [9.17, 15) is 26.7 Å². The van der Waals surface area contributed by atoms with Crippen LogP contribution in [0.3, 0.4) is 0 Å². The molecule has 0 aromatic heterocycles. The second-order valence-corrected chi connectivity index (χ2v) is 5.02. The van der Waals surface area contributed by atoms with Crippen molar-refractivity contribution in [2.75, 3.05) is 12.9 Å². The van der Waals surface area contributed by atoms with Crippen molar-refractivity contribution in [1.29, 1.82) is 0 Å². The molecule has 0 saturated carbocycles. The first-order valence-corrected chi connectivity index (χ1v) is 6.62. The number of ether oxygens (including phenoxy) is 1. The predicted octanol–water partition coefficient (Wildman–Crippen LogP) is 3.42. The van der Waals surface area contributed by atoms with Crippen LogP contribution in [0.25, 0.3) is 0 Å². The Labute approximate surface area is 116 Å². The fraction of sp³-hybridized carbons (Fsp3) is 0.417. The van der Waals surface area contributed by atoms with E-state index in [0.717, 1.165) is 11.8 Å². The van der Waals surface area contributed by atoms with Gasteiger partial charge in [-0.3, -0.25) is 4.79 Å². The third kappa shape index (κ3) is 3.41. The molecule has 0 bridgehead atoms. The predicted molar refractivity (Wildman–Crippen MR) is 63.6 cm³/mol. The van der Waals surface area contributed by atoms with E-state index in [1.807, 2.05) is 0 Å². The van der Waals surface area contributed by atoms with Crippen molar-refractivity contribution in [2.24, 2.45) is 5.92 Å². The van der Waals surface area contributed by atoms with Crippen LogP contribution in [0, 0.1) is 35.0 Å². The quantitative estimate of drug-likeness (QED) is 0.360. The van der Waals surface area contributed by atoms with Crippen molar-refractivity contribution in [3.05, 3.63) is 34.6 Å². The maximum atomic E-state index is 13.3. The van der Waals surface area contributed by atoms with Gasteiger partial charge in [0.05, 0.1) is 13.0 Å². The van der Waals surface area contributed by atoms with E-state index in [4.69, 9.17) is 0 Å². The molecule has 0 radical (unpaired) electrons. The van der Waals surface area contributed by atoms with E-state index in [-0.39, 0.29) is 5.75 Å². The topological polar surface area (TPSA) is 26.3 Å². The highest BCUT2D eigenvalue weighted by atomic mass is 32.2. The second kappa shape index (κ2) is 6.92. The van der Waals surface area contributed by atoms with Crippen LogP contribution in [0.1, 0.15) is 12.5 Å². The van der Waals surface area contributed by atoms with Gasteiger partial charge in [-0.1, -0.05) is 6.92 Å². The zero-order valence-electron chi connectivity index (χ0n) is 10.6. The molecule has 1 rings (SSSR count). The molecule has 0 spiro atoms. The molecular formula is C12H11F5O2S. The number of carbonyl (C=O) groups is 1. The number of halogens is 5. The Morgan fingerprint density at radius 2 is 1.50 bits per heavy atom. The summed E-state index contributed by atoms with van der Waals surface area (Å²) in [7, 11) is 1.19. The summed E-state index contributed by atoms with van der Waals surface area (Å²) in [6.45, 7) is 1.53. The maximum Gasteiger partial charge on any atom is 0.309 e. The molecule has 0 N–H and O–H groups in total. The molecule has 0 heterocycles. The highest BCUT2D eigenvalue weighted by Gasteiger charge is 2.25. The zero-order valence-corrected chi connectivity index (χ0v) is 11.4. The summed E-state index contributed by atoms with van der Waals surface area (Å²) in [5.41, 5.74) is -0.900. The van der Waals surface area contributed by atoms with Gasteiger partial charge in [-0.2, -0.15) is 11.8 Å². The first-order valence-electron chi connectivity index (χ1n) is 5.47. The van der Waals surface area contributed by atoms with Crippen molar-refractivity contribution < 1.29 is 31.5 Å². The first kappa shape index (κ1) is 16.7. The molecule has 0 aliphatic carbocycles. The number of rotatable bonds is 5. The number of esters is 1. The summed E-state index contributed by atoms with van der Waals surface area (Å²) in [6.07, 6.45) is 0. The van der Waals surface area contributed by atoms with Gasteiger partial charge in [-0.05, 0) is 0 Å². The van der Waals surface area contributed by atoms with Crippen LogP contribution >= 0.6 is 11.8 Å². The summed E-state index contributed by atoms with van der Waals surface area (Å²) in [5, 5.41) is 0. The largest absolute Gasteiger partial charge is 0.469 e. The highest BCUT2D eigenvalue weighted by molar-refractivity contribution is 7.98. The molecule has 0 aliphatic rings. The molecule has 1 aromatic rings. The Kier molecular flexibility index (Phi) is 5.79. The van der Waals surface area contributed by atoms with Gasteiger partial charge in [-0.25, -0.2) is 22.0 Å². The highest BCUT2D eigenvalue weighted by Crippen LogP contribution is 2.27. The van der Waals surface area contributed by atoms with Gasteiger partial charge >= 0.3 is 5.97 Å². The molecule has 1 atom stereocenters. The van der Waals surface area contributed by atoms with Gasteiger partial charge in [0.15, 0.2) is 23.3 Å². The summed E-state index contributed by atoms with van der Waals surface area (Å²) >= 11 is 0.873. The van der Waals surface area contributed by atoms with E-state index in [2.05, 4.69) is 4.74 Å². The van der Waals surface area contributed by atoms with Gasteiger partial charge in [0.2, 0.25) is 5.82 Å². The Bertz CT molecular complexity index is 492.